The van der Waals surface area contributed by atoms with Gasteiger partial charge in [-0.25, -0.2) is 9.59 Å². The second-order valence-electron chi connectivity index (χ2n) is 6.59. The topological polar surface area (TPSA) is 76.7 Å². The van der Waals surface area contributed by atoms with E-state index in [1.54, 1.807) is 19.1 Å². The third-order valence-electron chi connectivity index (χ3n) is 4.91. The average Bonchev–Trinajstić information content (AvgIpc) is 3.10. The molecule has 0 aliphatic heterocycles. The Bertz CT molecular complexity index is 1080. The van der Waals surface area contributed by atoms with Crippen LogP contribution in [0.2, 0.25) is 0 Å². The number of carbonyl (C=O) groups is 1. The summed E-state index contributed by atoms with van der Waals surface area (Å²) in [6.07, 6.45) is 3.16. The Balaban J connectivity index is 1.61. The second-order valence-corrected chi connectivity index (χ2v) is 6.59. The van der Waals surface area contributed by atoms with Gasteiger partial charge in [-0.05, 0) is 61.6 Å². The Morgan fingerprint density at radius 2 is 1.96 bits per heavy atom. The molecule has 1 aliphatic rings. The molecule has 1 aliphatic carbocycles. The molecule has 5 heteroatoms. The molecular formula is C21H18O5. The summed E-state index contributed by atoms with van der Waals surface area (Å²) < 4.78 is 10.6. The van der Waals surface area contributed by atoms with E-state index in [1.165, 1.54) is 23.3 Å². The molecule has 4 rings (SSSR count). The quantitative estimate of drug-likeness (QED) is 0.576. The second kappa shape index (κ2) is 6.33. The highest BCUT2D eigenvalue weighted by molar-refractivity contribution is 5.90. The van der Waals surface area contributed by atoms with E-state index in [4.69, 9.17) is 9.15 Å². The first-order valence-electron chi connectivity index (χ1n) is 8.57. The smallest absolute Gasteiger partial charge is 0.338 e. The van der Waals surface area contributed by atoms with Crippen molar-refractivity contribution in [1.29, 1.82) is 0 Å². The molecule has 3 aromatic rings. The number of hydrogen-bond acceptors (Lipinski definition) is 5. The van der Waals surface area contributed by atoms with Crippen LogP contribution in [0, 0.1) is 6.92 Å². The van der Waals surface area contributed by atoms with E-state index in [2.05, 4.69) is 0 Å². The lowest BCUT2D eigenvalue weighted by Gasteiger charge is -2.10. The minimum Gasteiger partial charge on any atom is -0.508 e. The minimum atomic E-state index is -0.547. The number of phenols is 1. The van der Waals surface area contributed by atoms with Crippen LogP contribution < -0.4 is 5.63 Å². The van der Waals surface area contributed by atoms with Crippen LogP contribution in [0.1, 0.15) is 39.0 Å². The summed E-state index contributed by atoms with van der Waals surface area (Å²) in [6.45, 7) is 1.63. The molecule has 5 nitrogen and oxygen atoms in total. The van der Waals surface area contributed by atoms with Crippen molar-refractivity contribution < 1.29 is 19.1 Å². The van der Waals surface area contributed by atoms with Crippen molar-refractivity contribution in [3.8, 4) is 5.75 Å². The van der Waals surface area contributed by atoms with Crippen molar-refractivity contribution >= 4 is 16.9 Å². The van der Waals surface area contributed by atoms with E-state index in [0.29, 0.717) is 27.7 Å². The molecule has 2 aromatic carbocycles. The predicted octanol–water partition coefficient (Wildman–Crippen LogP) is 3.65. The summed E-state index contributed by atoms with van der Waals surface area (Å²) in [5.74, 6) is -0.371. The van der Waals surface area contributed by atoms with E-state index < -0.39 is 11.6 Å². The van der Waals surface area contributed by atoms with Crippen molar-refractivity contribution in [2.24, 2.45) is 0 Å². The van der Waals surface area contributed by atoms with Crippen LogP contribution in [0.3, 0.4) is 0 Å². The highest BCUT2D eigenvalue weighted by atomic mass is 16.5. The van der Waals surface area contributed by atoms with Crippen molar-refractivity contribution in [3.05, 3.63) is 74.6 Å². The summed E-state index contributed by atoms with van der Waals surface area (Å²) >= 11 is 0. The number of ether oxygens (including phenoxy) is 1. The summed E-state index contributed by atoms with van der Waals surface area (Å²) in [6, 6.07) is 10.2. The van der Waals surface area contributed by atoms with Crippen molar-refractivity contribution in [2.45, 2.75) is 32.8 Å². The van der Waals surface area contributed by atoms with Crippen LogP contribution in [-0.2, 0) is 24.2 Å². The molecule has 0 unspecified atom stereocenters. The van der Waals surface area contributed by atoms with Crippen LogP contribution in [-0.4, -0.2) is 11.1 Å². The summed E-state index contributed by atoms with van der Waals surface area (Å²) in [5.41, 5.74) is 3.81. The first-order chi connectivity index (χ1) is 12.5. The molecule has 0 amide bonds. The average molecular weight is 350 g/mol. The number of hydrogen-bond donors (Lipinski definition) is 1. The highest BCUT2D eigenvalue weighted by Crippen LogP contribution is 2.28. The fourth-order valence-corrected chi connectivity index (χ4v) is 3.46. The SMILES string of the molecule is Cc1c(O)ccc2c(COC(=O)c3ccc4c(c3)CCC4)cc(=O)oc12. The lowest BCUT2D eigenvalue weighted by Crippen LogP contribution is -2.08. The van der Waals surface area contributed by atoms with E-state index in [0.717, 1.165) is 19.3 Å². The fourth-order valence-electron chi connectivity index (χ4n) is 3.46. The van der Waals surface area contributed by atoms with Crippen molar-refractivity contribution in [3.63, 3.8) is 0 Å². The largest absolute Gasteiger partial charge is 0.508 e. The maximum absolute atomic E-state index is 12.4. The van der Waals surface area contributed by atoms with E-state index in [1.807, 2.05) is 12.1 Å². The van der Waals surface area contributed by atoms with Crippen molar-refractivity contribution in [1.82, 2.24) is 0 Å². The fraction of sp³-hybridized carbons (Fsp3) is 0.238. The molecule has 0 saturated heterocycles. The third-order valence-corrected chi connectivity index (χ3v) is 4.91. The van der Waals surface area contributed by atoms with Gasteiger partial charge in [0.15, 0.2) is 0 Å². The number of rotatable bonds is 3. The standard InChI is InChI=1S/C21H18O5/c1-12-18(22)8-7-17-16(10-19(23)26-20(12)17)11-25-21(24)15-6-5-13-3-2-4-14(13)9-15/h5-10,22H,2-4,11H2,1H3. The summed E-state index contributed by atoms with van der Waals surface area (Å²) in [4.78, 5) is 24.2. The number of benzene rings is 2. The first kappa shape index (κ1) is 16.4. The van der Waals surface area contributed by atoms with E-state index in [9.17, 15) is 14.7 Å². The Labute approximate surface area is 149 Å². The number of esters is 1. The monoisotopic (exact) mass is 350 g/mol. The van der Waals surface area contributed by atoms with E-state index >= 15 is 0 Å². The van der Waals surface area contributed by atoms with Gasteiger partial charge in [-0.2, -0.15) is 0 Å². The molecule has 0 fully saturated rings. The zero-order valence-corrected chi connectivity index (χ0v) is 14.4. The molecule has 0 spiro atoms. The van der Waals surface area contributed by atoms with Crippen LogP contribution in [0.15, 0.2) is 45.6 Å². The lowest BCUT2D eigenvalue weighted by atomic mass is 10.1. The molecule has 1 N–H and O–H groups in total. The van der Waals surface area contributed by atoms with Gasteiger partial charge >= 0.3 is 11.6 Å². The molecule has 0 atom stereocenters. The van der Waals surface area contributed by atoms with Gasteiger partial charge in [-0.15, -0.1) is 0 Å². The van der Waals surface area contributed by atoms with E-state index in [-0.39, 0.29) is 12.4 Å². The van der Waals surface area contributed by atoms with Crippen LogP contribution in [0.25, 0.3) is 11.0 Å². The van der Waals surface area contributed by atoms with Gasteiger partial charge in [-0.1, -0.05) is 6.07 Å². The van der Waals surface area contributed by atoms with Crippen LogP contribution in [0.5, 0.6) is 5.75 Å². The summed E-state index contributed by atoms with van der Waals surface area (Å²) in [7, 11) is 0. The zero-order valence-electron chi connectivity index (χ0n) is 14.4. The molecule has 132 valence electrons. The maximum Gasteiger partial charge on any atom is 0.338 e. The minimum absolute atomic E-state index is 0.0395. The Kier molecular flexibility index (Phi) is 3.99. The maximum atomic E-state index is 12.4. The summed E-state index contributed by atoms with van der Waals surface area (Å²) in [5, 5.41) is 10.4. The number of aromatic hydroxyl groups is 1. The number of aryl methyl sites for hydroxylation is 3. The molecular weight excluding hydrogens is 332 g/mol. The van der Waals surface area contributed by atoms with Gasteiger partial charge in [-0.3, -0.25) is 0 Å². The molecule has 0 bridgehead atoms. The molecule has 1 aromatic heterocycles. The molecule has 1 heterocycles. The predicted molar refractivity (Wildman–Crippen MR) is 96.5 cm³/mol. The van der Waals surface area contributed by atoms with Gasteiger partial charge < -0.3 is 14.3 Å². The Morgan fingerprint density at radius 3 is 2.81 bits per heavy atom. The van der Waals surface area contributed by atoms with Crippen molar-refractivity contribution in [2.75, 3.05) is 0 Å². The Hall–Kier alpha value is -3.08. The molecule has 0 saturated carbocycles. The van der Waals surface area contributed by atoms with Gasteiger partial charge in [0.1, 0.15) is 17.9 Å². The van der Waals surface area contributed by atoms with Gasteiger partial charge in [0, 0.05) is 22.6 Å². The lowest BCUT2D eigenvalue weighted by molar-refractivity contribution is 0.0473. The third kappa shape index (κ3) is 2.86. The van der Waals surface area contributed by atoms with Gasteiger partial charge in [0.2, 0.25) is 0 Å². The van der Waals surface area contributed by atoms with Gasteiger partial charge in [0.05, 0.1) is 5.56 Å². The van der Waals surface area contributed by atoms with Crippen LogP contribution in [0.4, 0.5) is 0 Å². The number of carbonyl (C=O) groups excluding carboxylic acids is 1. The highest BCUT2D eigenvalue weighted by Gasteiger charge is 2.16. The normalized spacial score (nSPS) is 13.0. The van der Waals surface area contributed by atoms with Crippen LogP contribution >= 0.6 is 0 Å². The molecule has 0 radical (unpaired) electrons. The molecule has 26 heavy (non-hydrogen) atoms. The zero-order chi connectivity index (χ0) is 18.3. The number of phenolic OH excluding ortho intramolecular Hbond substituents is 1. The Morgan fingerprint density at radius 1 is 1.15 bits per heavy atom. The number of fused-ring (bicyclic) bond motifs is 2. The van der Waals surface area contributed by atoms with Gasteiger partial charge in [0.25, 0.3) is 0 Å². The first-order valence-corrected chi connectivity index (χ1v) is 8.57.